The Hall–Kier alpha value is -1.71. The first-order chi connectivity index (χ1) is 9.69. The van der Waals surface area contributed by atoms with Crippen LogP contribution in [0.2, 0.25) is 0 Å². The zero-order valence-corrected chi connectivity index (χ0v) is 12.8. The lowest BCUT2D eigenvalue weighted by Gasteiger charge is -2.21. The number of benzene rings is 1. The summed E-state index contributed by atoms with van der Waals surface area (Å²) in [7, 11) is -2.49. The molecular formula is C12H18N2O6S. The fraction of sp³-hybridized carbons (Fsp3) is 0.500. The van der Waals surface area contributed by atoms with Crippen molar-refractivity contribution in [2.75, 3.05) is 13.7 Å². The number of nitro groups is 1. The molecular weight excluding hydrogens is 300 g/mol. The maximum absolute atomic E-state index is 12.2. The van der Waals surface area contributed by atoms with Crippen molar-refractivity contribution in [2.45, 2.75) is 24.8 Å². The Morgan fingerprint density at radius 2 is 2.05 bits per heavy atom. The third-order valence-electron chi connectivity index (χ3n) is 2.91. The van der Waals surface area contributed by atoms with Crippen LogP contribution in [0.15, 0.2) is 23.1 Å². The second-order valence-corrected chi connectivity index (χ2v) is 6.55. The molecule has 1 aromatic rings. The van der Waals surface area contributed by atoms with Crippen molar-refractivity contribution in [3.8, 4) is 5.75 Å². The molecule has 21 heavy (non-hydrogen) atoms. The van der Waals surface area contributed by atoms with Gasteiger partial charge in [-0.2, -0.15) is 0 Å². The van der Waals surface area contributed by atoms with Gasteiger partial charge in [-0.25, -0.2) is 13.1 Å². The molecule has 0 aromatic heterocycles. The van der Waals surface area contributed by atoms with Crippen LogP contribution in [0.1, 0.15) is 13.8 Å². The van der Waals surface area contributed by atoms with E-state index in [1.54, 1.807) is 0 Å². The van der Waals surface area contributed by atoms with Gasteiger partial charge in [-0.15, -0.1) is 0 Å². The standard InChI is InChI=1S/C12H18N2O6S/c1-8(2)10(7-20-3)13-21(18,19)9-4-5-12(15)11(6-9)14(16)17/h4-6,8,10,13,15H,7H2,1-3H3. The first kappa shape index (κ1) is 17.3. The van der Waals surface area contributed by atoms with Crippen LogP contribution >= 0.6 is 0 Å². The van der Waals surface area contributed by atoms with Crippen LogP contribution in [0.25, 0.3) is 0 Å². The Morgan fingerprint density at radius 1 is 1.43 bits per heavy atom. The number of hydrogen-bond donors (Lipinski definition) is 2. The fourth-order valence-electron chi connectivity index (χ4n) is 1.63. The molecule has 0 aliphatic carbocycles. The third-order valence-corrected chi connectivity index (χ3v) is 4.40. The molecule has 8 nitrogen and oxygen atoms in total. The lowest BCUT2D eigenvalue weighted by molar-refractivity contribution is -0.386. The molecule has 0 saturated heterocycles. The van der Waals surface area contributed by atoms with Crippen molar-refractivity contribution in [1.29, 1.82) is 0 Å². The SMILES string of the molecule is COCC(NS(=O)(=O)c1ccc(O)c([N+](=O)[O-])c1)C(C)C. The summed E-state index contributed by atoms with van der Waals surface area (Å²) >= 11 is 0. The van der Waals surface area contributed by atoms with E-state index < -0.39 is 32.4 Å². The molecule has 0 bridgehead atoms. The van der Waals surface area contributed by atoms with Crippen molar-refractivity contribution in [1.82, 2.24) is 4.72 Å². The second-order valence-electron chi connectivity index (χ2n) is 4.83. The topological polar surface area (TPSA) is 119 Å². The monoisotopic (exact) mass is 318 g/mol. The molecule has 1 unspecified atom stereocenters. The Labute approximate surface area is 122 Å². The average Bonchev–Trinajstić information content (AvgIpc) is 2.37. The molecule has 0 spiro atoms. The van der Waals surface area contributed by atoms with E-state index in [4.69, 9.17) is 4.74 Å². The lowest BCUT2D eigenvalue weighted by atomic mass is 10.1. The van der Waals surface area contributed by atoms with Gasteiger partial charge in [0.1, 0.15) is 0 Å². The molecule has 0 heterocycles. The summed E-state index contributed by atoms with van der Waals surface area (Å²) in [5, 5.41) is 20.1. The number of rotatable bonds is 7. The van der Waals surface area contributed by atoms with Crippen molar-refractivity contribution < 1.29 is 23.2 Å². The van der Waals surface area contributed by atoms with Crippen LogP contribution in [0.4, 0.5) is 5.69 Å². The molecule has 0 fully saturated rings. The normalized spacial score (nSPS) is 13.3. The number of sulfonamides is 1. The molecule has 0 amide bonds. The quantitative estimate of drug-likeness (QED) is 0.577. The van der Waals surface area contributed by atoms with E-state index in [9.17, 15) is 23.6 Å². The van der Waals surface area contributed by atoms with Crippen LogP contribution in [0.3, 0.4) is 0 Å². The maximum Gasteiger partial charge on any atom is 0.312 e. The van der Waals surface area contributed by atoms with Gasteiger partial charge in [0, 0.05) is 19.2 Å². The maximum atomic E-state index is 12.2. The summed E-state index contributed by atoms with van der Waals surface area (Å²) in [4.78, 5) is 9.62. The van der Waals surface area contributed by atoms with Crippen LogP contribution < -0.4 is 4.72 Å². The summed E-state index contributed by atoms with van der Waals surface area (Å²) in [5.74, 6) is -0.608. The molecule has 1 aromatic carbocycles. The summed E-state index contributed by atoms with van der Waals surface area (Å²) in [6.07, 6.45) is 0. The van der Waals surface area contributed by atoms with E-state index in [0.717, 1.165) is 18.2 Å². The number of nitrogens with zero attached hydrogens (tertiary/aromatic N) is 1. The lowest BCUT2D eigenvalue weighted by Crippen LogP contribution is -2.41. The van der Waals surface area contributed by atoms with E-state index >= 15 is 0 Å². The minimum Gasteiger partial charge on any atom is -0.502 e. The van der Waals surface area contributed by atoms with Gasteiger partial charge in [-0.05, 0) is 18.1 Å². The third kappa shape index (κ3) is 4.38. The highest BCUT2D eigenvalue weighted by Gasteiger charge is 2.25. The molecule has 118 valence electrons. The number of hydrogen-bond acceptors (Lipinski definition) is 6. The summed E-state index contributed by atoms with van der Waals surface area (Å²) < 4.78 is 31.9. The molecule has 0 aliphatic rings. The molecule has 0 radical (unpaired) electrons. The Kier molecular flexibility index (Phi) is 5.64. The molecule has 1 atom stereocenters. The van der Waals surface area contributed by atoms with E-state index in [-0.39, 0.29) is 17.4 Å². The van der Waals surface area contributed by atoms with Crippen molar-refractivity contribution in [2.24, 2.45) is 5.92 Å². The minimum atomic E-state index is -3.95. The highest BCUT2D eigenvalue weighted by molar-refractivity contribution is 7.89. The summed E-state index contributed by atoms with van der Waals surface area (Å²) in [6, 6.07) is 2.44. The van der Waals surface area contributed by atoms with Crippen molar-refractivity contribution in [3.63, 3.8) is 0 Å². The first-order valence-corrected chi connectivity index (χ1v) is 7.66. The number of nitrogens with one attached hydrogen (secondary N) is 1. The fourth-order valence-corrected chi connectivity index (χ4v) is 3.01. The smallest absolute Gasteiger partial charge is 0.312 e. The number of aromatic hydroxyl groups is 1. The van der Waals surface area contributed by atoms with E-state index in [1.807, 2.05) is 13.8 Å². The van der Waals surface area contributed by atoms with Gasteiger partial charge in [0.2, 0.25) is 10.0 Å². The number of ether oxygens (including phenoxy) is 1. The van der Waals surface area contributed by atoms with Gasteiger partial charge in [0.25, 0.3) is 0 Å². The van der Waals surface area contributed by atoms with Crippen LogP contribution in [0.5, 0.6) is 5.75 Å². The van der Waals surface area contributed by atoms with Crippen molar-refractivity contribution >= 4 is 15.7 Å². The van der Waals surface area contributed by atoms with Crippen LogP contribution in [0, 0.1) is 16.0 Å². The summed E-state index contributed by atoms with van der Waals surface area (Å²) in [5.41, 5.74) is -0.661. The predicted molar refractivity (Wildman–Crippen MR) is 75.6 cm³/mol. The molecule has 0 aliphatic heterocycles. The van der Waals surface area contributed by atoms with Crippen LogP contribution in [-0.4, -0.2) is 38.2 Å². The predicted octanol–water partition coefficient (Wildman–Crippen LogP) is 1.25. The van der Waals surface area contributed by atoms with Gasteiger partial charge in [-0.3, -0.25) is 10.1 Å². The van der Waals surface area contributed by atoms with Gasteiger partial charge in [0.05, 0.1) is 16.4 Å². The highest BCUT2D eigenvalue weighted by Crippen LogP contribution is 2.28. The van der Waals surface area contributed by atoms with E-state index in [1.165, 1.54) is 7.11 Å². The van der Waals surface area contributed by atoms with E-state index in [0.29, 0.717) is 0 Å². The first-order valence-electron chi connectivity index (χ1n) is 6.17. The highest BCUT2D eigenvalue weighted by atomic mass is 32.2. The largest absolute Gasteiger partial charge is 0.502 e. The van der Waals surface area contributed by atoms with Gasteiger partial charge in [0.15, 0.2) is 5.75 Å². The molecule has 0 saturated carbocycles. The Bertz CT molecular complexity index is 614. The number of phenols is 1. The molecule has 2 N–H and O–H groups in total. The van der Waals surface area contributed by atoms with Crippen LogP contribution in [-0.2, 0) is 14.8 Å². The number of nitro benzene ring substituents is 1. The number of methoxy groups -OCH3 is 1. The second kappa shape index (κ2) is 6.83. The van der Waals surface area contributed by atoms with Gasteiger partial charge in [-0.1, -0.05) is 13.8 Å². The van der Waals surface area contributed by atoms with Crippen molar-refractivity contribution in [3.05, 3.63) is 28.3 Å². The zero-order chi connectivity index (χ0) is 16.2. The Balaban J connectivity index is 3.13. The van der Waals surface area contributed by atoms with Gasteiger partial charge >= 0.3 is 5.69 Å². The molecule has 1 rings (SSSR count). The minimum absolute atomic E-state index is 0.0215. The van der Waals surface area contributed by atoms with E-state index in [2.05, 4.69) is 4.72 Å². The van der Waals surface area contributed by atoms with Gasteiger partial charge < -0.3 is 9.84 Å². The summed E-state index contributed by atoms with van der Waals surface area (Å²) in [6.45, 7) is 3.83. The average molecular weight is 318 g/mol. The number of phenolic OH excluding ortho intramolecular Hbond substituents is 1. The zero-order valence-electron chi connectivity index (χ0n) is 11.9. The molecule has 9 heteroatoms. The Morgan fingerprint density at radius 3 is 2.52 bits per heavy atom.